The largest absolute Gasteiger partial charge is 0.362 e. The first-order valence-corrected chi connectivity index (χ1v) is 8.04. The first-order valence-electron chi connectivity index (χ1n) is 7.05. The van der Waals surface area contributed by atoms with E-state index in [0.29, 0.717) is 12.0 Å². The summed E-state index contributed by atoms with van der Waals surface area (Å²) in [6.45, 7) is 7.40. The Kier molecular flexibility index (Phi) is 4.91. The molecular weight excluding hydrogens is 256 g/mol. The van der Waals surface area contributed by atoms with Crippen LogP contribution >= 0.6 is 11.8 Å². The van der Waals surface area contributed by atoms with Crippen molar-refractivity contribution in [3.05, 3.63) is 17.5 Å². The van der Waals surface area contributed by atoms with Crippen molar-refractivity contribution in [1.29, 1.82) is 0 Å². The molecule has 1 aromatic heterocycles. The van der Waals surface area contributed by atoms with Crippen LogP contribution in [0.15, 0.2) is 11.2 Å². The van der Waals surface area contributed by atoms with Crippen molar-refractivity contribution in [1.82, 2.24) is 15.1 Å². The van der Waals surface area contributed by atoms with Crippen molar-refractivity contribution < 1.29 is 0 Å². The number of thioether (sulfide) groups is 1. The second kappa shape index (κ2) is 6.46. The highest BCUT2D eigenvalue weighted by molar-refractivity contribution is 8.13. The minimum Gasteiger partial charge on any atom is -0.362 e. The molecule has 106 valence electrons. The molecule has 0 bridgehead atoms. The molecule has 19 heavy (non-hydrogen) atoms. The highest BCUT2D eigenvalue weighted by Gasteiger charge is 2.20. The van der Waals surface area contributed by atoms with Crippen LogP contribution in [0.3, 0.4) is 0 Å². The Balaban J connectivity index is 2.01. The van der Waals surface area contributed by atoms with E-state index in [1.54, 1.807) is 0 Å². The molecule has 5 heteroatoms. The summed E-state index contributed by atoms with van der Waals surface area (Å²) in [5.41, 5.74) is 2.40. The quantitative estimate of drug-likeness (QED) is 0.922. The average molecular weight is 280 g/mol. The van der Waals surface area contributed by atoms with Gasteiger partial charge in [-0.2, -0.15) is 5.10 Å². The van der Waals surface area contributed by atoms with E-state index in [-0.39, 0.29) is 0 Å². The summed E-state index contributed by atoms with van der Waals surface area (Å²) >= 11 is 1.84. The van der Waals surface area contributed by atoms with Crippen LogP contribution in [-0.2, 0) is 20.0 Å². The van der Waals surface area contributed by atoms with Gasteiger partial charge >= 0.3 is 0 Å². The Morgan fingerprint density at radius 2 is 2.37 bits per heavy atom. The first-order chi connectivity index (χ1) is 9.10. The predicted molar refractivity (Wildman–Crippen MR) is 82.6 cm³/mol. The Hall–Kier alpha value is -0.970. The zero-order valence-corrected chi connectivity index (χ0v) is 13.1. The maximum Gasteiger partial charge on any atom is 0.157 e. The molecule has 4 nitrogen and oxygen atoms in total. The van der Waals surface area contributed by atoms with Crippen LogP contribution in [0, 0.1) is 5.92 Å². The lowest BCUT2D eigenvalue weighted by atomic mass is 10.0. The van der Waals surface area contributed by atoms with Crippen LogP contribution in [-0.4, -0.2) is 26.7 Å². The van der Waals surface area contributed by atoms with Crippen molar-refractivity contribution >= 4 is 16.9 Å². The molecule has 1 aromatic rings. The number of nitrogens with zero attached hydrogens (tertiary/aromatic N) is 3. The number of aliphatic imine (C=N–C) groups is 1. The fourth-order valence-corrected chi connectivity index (χ4v) is 3.27. The summed E-state index contributed by atoms with van der Waals surface area (Å²) in [6.07, 6.45) is 4.28. The van der Waals surface area contributed by atoms with Crippen LogP contribution < -0.4 is 5.32 Å². The first kappa shape index (κ1) is 14.4. The summed E-state index contributed by atoms with van der Waals surface area (Å²) in [4.78, 5) is 4.72. The molecule has 0 amide bonds. The summed E-state index contributed by atoms with van der Waals surface area (Å²) in [5, 5.41) is 9.10. The normalized spacial score (nSPS) is 21.9. The Labute approximate surface area is 120 Å². The zero-order chi connectivity index (χ0) is 13.8. The lowest BCUT2D eigenvalue weighted by Gasteiger charge is -2.28. The van der Waals surface area contributed by atoms with E-state index in [1.165, 1.54) is 17.7 Å². The molecule has 1 saturated heterocycles. The van der Waals surface area contributed by atoms with Crippen molar-refractivity contribution in [2.75, 3.05) is 5.75 Å². The molecule has 1 aliphatic rings. The standard InChI is InChI=1S/C14H24N4S/c1-5-12-11(9-18(4)17-12)8-15-14-16-13(10(2)3)6-7-19-14/h9-10,13H,5-8H2,1-4H3,(H,15,16). The fraction of sp³-hybridized carbons (Fsp3) is 0.714. The van der Waals surface area contributed by atoms with Gasteiger partial charge in [-0.05, 0) is 18.8 Å². The summed E-state index contributed by atoms with van der Waals surface area (Å²) in [6, 6.07) is 0.569. The topological polar surface area (TPSA) is 42.2 Å². The molecule has 1 atom stereocenters. The van der Waals surface area contributed by atoms with E-state index < -0.39 is 0 Å². The number of aryl methyl sites for hydroxylation is 2. The third-order valence-corrected chi connectivity index (χ3v) is 4.46. The second-order valence-electron chi connectivity index (χ2n) is 5.38. The molecule has 1 aliphatic heterocycles. The average Bonchev–Trinajstić information content (AvgIpc) is 2.77. The minimum atomic E-state index is 0.569. The van der Waals surface area contributed by atoms with Crippen LogP contribution in [0.5, 0.6) is 0 Å². The smallest absolute Gasteiger partial charge is 0.157 e. The van der Waals surface area contributed by atoms with Crippen LogP contribution in [0.2, 0.25) is 0 Å². The minimum absolute atomic E-state index is 0.569. The van der Waals surface area contributed by atoms with Crippen molar-refractivity contribution in [3.63, 3.8) is 0 Å². The van der Waals surface area contributed by atoms with E-state index in [9.17, 15) is 0 Å². The molecular formula is C14H24N4S. The van der Waals surface area contributed by atoms with Gasteiger partial charge in [0.05, 0.1) is 12.2 Å². The van der Waals surface area contributed by atoms with E-state index in [0.717, 1.165) is 23.8 Å². The van der Waals surface area contributed by atoms with Crippen LogP contribution in [0.4, 0.5) is 0 Å². The predicted octanol–water partition coefficient (Wildman–Crippen LogP) is 2.59. The molecule has 0 aromatic carbocycles. The number of amidine groups is 1. The number of hydrogen-bond donors (Lipinski definition) is 1. The van der Waals surface area contributed by atoms with Crippen LogP contribution in [0.1, 0.15) is 38.4 Å². The van der Waals surface area contributed by atoms with Gasteiger partial charge < -0.3 is 5.32 Å². The van der Waals surface area contributed by atoms with E-state index in [2.05, 4.69) is 37.4 Å². The number of nitrogens with one attached hydrogen (secondary N) is 1. The molecule has 0 spiro atoms. The summed E-state index contributed by atoms with van der Waals surface area (Å²) < 4.78 is 1.88. The van der Waals surface area contributed by atoms with Gasteiger partial charge in [0.1, 0.15) is 0 Å². The van der Waals surface area contributed by atoms with Gasteiger partial charge in [0.15, 0.2) is 5.17 Å². The molecule has 1 fully saturated rings. The third kappa shape index (κ3) is 3.75. The molecule has 0 saturated carbocycles. The van der Waals surface area contributed by atoms with Crippen LogP contribution in [0.25, 0.3) is 0 Å². The molecule has 1 N–H and O–H groups in total. The lowest BCUT2D eigenvalue weighted by Crippen LogP contribution is -2.41. The van der Waals surface area contributed by atoms with Gasteiger partial charge in [-0.3, -0.25) is 9.67 Å². The van der Waals surface area contributed by atoms with Gasteiger partial charge in [-0.25, -0.2) is 0 Å². The maximum atomic E-state index is 4.72. The van der Waals surface area contributed by atoms with Crippen molar-refractivity contribution in [2.24, 2.45) is 18.0 Å². The Bertz CT molecular complexity index is 450. The maximum absolute atomic E-state index is 4.72. The van der Waals surface area contributed by atoms with Gasteiger partial charge in [-0.1, -0.05) is 32.5 Å². The SMILES string of the molecule is CCc1nn(C)cc1CN=C1NC(C(C)C)CCS1. The van der Waals surface area contributed by atoms with Crippen molar-refractivity contribution in [2.45, 2.75) is 46.2 Å². The highest BCUT2D eigenvalue weighted by Crippen LogP contribution is 2.19. The zero-order valence-electron chi connectivity index (χ0n) is 12.3. The molecule has 2 heterocycles. The van der Waals surface area contributed by atoms with Gasteiger partial charge in [0, 0.05) is 30.6 Å². The summed E-state index contributed by atoms with van der Waals surface area (Å²) in [7, 11) is 1.97. The Morgan fingerprint density at radius 3 is 3.05 bits per heavy atom. The summed E-state index contributed by atoms with van der Waals surface area (Å²) in [5.74, 6) is 1.83. The van der Waals surface area contributed by atoms with E-state index in [4.69, 9.17) is 4.99 Å². The van der Waals surface area contributed by atoms with Gasteiger partial charge in [0.25, 0.3) is 0 Å². The van der Waals surface area contributed by atoms with Crippen molar-refractivity contribution in [3.8, 4) is 0 Å². The molecule has 0 radical (unpaired) electrons. The van der Waals surface area contributed by atoms with E-state index in [1.807, 2.05) is 23.5 Å². The molecule has 1 unspecified atom stereocenters. The number of rotatable bonds is 4. The lowest BCUT2D eigenvalue weighted by molar-refractivity contribution is 0.442. The van der Waals surface area contributed by atoms with Gasteiger partial charge in [0.2, 0.25) is 0 Å². The molecule has 2 rings (SSSR count). The monoisotopic (exact) mass is 280 g/mol. The molecule has 0 aliphatic carbocycles. The Morgan fingerprint density at radius 1 is 1.58 bits per heavy atom. The highest BCUT2D eigenvalue weighted by atomic mass is 32.2. The third-order valence-electron chi connectivity index (χ3n) is 3.50. The van der Waals surface area contributed by atoms with Gasteiger partial charge in [-0.15, -0.1) is 0 Å². The fourth-order valence-electron chi connectivity index (χ4n) is 2.32. The second-order valence-corrected chi connectivity index (χ2v) is 6.47. The number of aromatic nitrogens is 2. The number of hydrogen-bond acceptors (Lipinski definition) is 3. The van der Waals surface area contributed by atoms with E-state index >= 15 is 0 Å².